The summed E-state index contributed by atoms with van der Waals surface area (Å²) >= 11 is 0. The maximum absolute atomic E-state index is 10.2. The molecule has 0 saturated carbocycles. The van der Waals surface area contributed by atoms with E-state index in [2.05, 4.69) is 13.8 Å². The average molecular weight is 372 g/mol. The molecule has 7 heteroatoms. The summed E-state index contributed by atoms with van der Waals surface area (Å²) in [5, 5.41) is 0. The van der Waals surface area contributed by atoms with Crippen molar-refractivity contribution >= 4 is 15.9 Å². The van der Waals surface area contributed by atoms with Crippen molar-refractivity contribution in [3.8, 4) is 0 Å². The van der Waals surface area contributed by atoms with Crippen LogP contribution in [0.2, 0.25) is 0 Å². The highest BCUT2D eigenvalue weighted by Crippen LogP contribution is 2.70. The second-order valence-electron chi connectivity index (χ2n) is 6.61. The summed E-state index contributed by atoms with van der Waals surface area (Å²) in [5.41, 5.74) is 0. The molecular formula is C16H38O5P2+2. The van der Waals surface area contributed by atoms with Crippen molar-refractivity contribution in [2.24, 2.45) is 11.8 Å². The van der Waals surface area contributed by atoms with Gasteiger partial charge in [0, 0.05) is 16.1 Å². The van der Waals surface area contributed by atoms with Crippen molar-refractivity contribution in [2.45, 2.75) is 79.1 Å². The third-order valence-electron chi connectivity index (χ3n) is 4.34. The highest BCUT2D eigenvalue weighted by Gasteiger charge is 2.55. The molecule has 0 aliphatic heterocycles. The molecule has 0 rings (SSSR count). The lowest BCUT2D eigenvalue weighted by atomic mass is 10.0. The van der Waals surface area contributed by atoms with Gasteiger partial charge in [-0.05, 0) is 25.7 Å². The van der Waals surface area contributed by atoms with Gasteiger partial charge in [0.15, 0.2) is 0 Å². The van der Waals surface area contributed by atoms with E-state index in [1.54, 1.807) is 0 Å². The van der Waals surface area contributed by atoms with Crippen molar-refractivity contribution in [1.29, 1.82) is 0 Å². The van der Waals surface area contributed by atoms with Gasteiger partial charge >= 0.3 is 15.9 Å². The molecule has 0 heterocycles. The second kappa shape index (κ2) is 12.1. The van der Waals surface area contributed by atoms with E-state index < -0.39 is 15.9 Å². The van der Waals surface area contributed by atoms with Crippen LogP contribution in [0.15, 0.2) is 0 Å². The van der Waals surface area contributed by atoms with Gasteiger partial charge in [-0.15, -0.1) is 0 Å². The van der Waals surface area contributed by atoms with Gasteiger partial charge in [-0.2, -0.15) is 19.6 Å². The molecule has 140 valence electrons. The number of hydrogen-bond donors (Lipinski definition) is 4. The van der Waals surface area contributed by atoms with Crippen LogP contribution < -0.4 is 0 Å². The summed E-state index contributed by atoms with van der Waals surface area (Å²) in [6.45, 7) is 8.22. The fourth-order valence-electron chi connectivity index (χ4n) is 2.78. The van der Waals surface area contributed by atoms with Crippen LogP contribution in [-0.4, -0.2) is 31.9 Å². The number of unbranched alkanes of at least 4 members (excludes halogenated alkanes) is 2. The Morgan fingerprint density at radius 3 is 1.30 bits per heavy atom. The first-order chi connectivity index (χ1) is 10.7. The molecule has 23 heavy (non-hydrogen) atoms. The molecule has 0 spiro atoms. The Balaban J connectivity index is 4.57. The summed E-state index contributed by atoms with van der Waals surface area (Å²) in [6, 6.07) is 0. The molecule has 2 unspecified atom stereocenters. The number of rotatable bonds is 14. The van der Waals surface area contributed by atoms with E-state index in [0.717, 1.165) is 51.4 Å². The number of hydrogen-bond acceptors (Lipinski definition) is 5. The predicted octanol–water partition coefficient (Wildman–Crippen LogP) is 4.93. The van der Waals surface area contributed by atoms with Crippen molar-refractivity contribution in [1.82, 2.24) is 0 Å². The van der Waals surface area contributed by atoms with Crippen LogP contribution in [0.5, 0.6) is 0 Å². The van der Waals surface area contributed by atoms with Gasteiger partial charge in [-0.3, -0.25) is 0 Å². The third kappa shape index (κ3) is 11.8. The fraction of sp³-hybridized carbons (Fsp3) is 1.00. The zero-order valence-electron chi connectivity index (χ0n) is 15.3. The van der Waals surface area contributed by atoms with E-state index in [-0.39, 0.29) is 24.2 Å². The molecule has 0 radical (unpaired) electrons. The highest BCUT2D eigenvalue weighted by atomic mass is 31.3. The van der Waals surface area contributed by atoms with Gasteiger partial charge in [-0.25, -0.2) is 0 Å². The van der Waals surface area contributed by atoms with Crippen LogP contribution in [-0.2, 0) is 4.31 Å². The minimum atomic E-state index is -3.72. The quantitative estimate of drug-likeness (QED) is 0.325. The van der Waals surface area contributed by atoms with Crippen LogP contribution in [0.25, 0.3) is 0 Å². The minimum Gasteiger partial charge on any atom is -0.189 e. The average Bonchev–Trinajstić information content (AvgIpc) is 2.46. The summed E-state index contributed by atoms with van der Waals surface area (Å²) in [6.07, 6.45) is 7.93. The normalized spacial score (nSPS) is 15.7. The fourth-order valence-corrected chi connectivity index (χ4v) is 7.22. The maximum Gasteiger partial charge on any atom is 0.461 e. The zero-order chi connectivity index (χ0) is 17.9. The second-order valence-corrected chi connectivity index (χ2v) is 10.7. The van der Waals surface area contributed by atoms with Crippen molar-refractivity contribution in [3.05, 3.63) is 0 Å². The first-order valence-corrected chi connectivity index (χ1v) is 12.7. The molecule has 0 amide bonds. The molecule has 0 saturated heterocycles. The van der Waals surface area contributed by atoms with Gasteiger partial charge in [-0.1, -0.05) is 53.4 Å². The molecular weight excluding hydrogens is 334 g/mol. The summed E-state index contributed by atoms with van der Waals surface area (Å²) in [4.78, 5) is 40.7. The van der Waals surface area contributed by atoms with E-state index in [1.807, 2.05) is 13.8 Å². The topological polar surface area (TPSA) is 90.2 Å². The molecule has 0 fully saturated rings. The van der Waals surface area contributed by atoms with Crippen molar-refractivity contribution in [3.63, 3.8) is 0 Å². The van der Waals surface area contributed by atoms with E-state index in [4.69, 9.17) is 4.31 Å². The van der Waals surface area contributed by atoms with Crippen LogP contribution >= 0.6 is 15.9 Å². The largest absolute Gasteiger partial charge is 0.461 e. The Hall–Kier alpha value is 0.660. The lowest BCUT2D eigenvalue weighted by Gasteiger charge is -2.20. The molecule has 0 aliphatic rings. The first kappa shape index (κ1) is 23.7. The van der Waals surface area contributed by atoms with E-state index in [9.17, 15) is 19.6 Å². The van der Waals surface area contributed by atoms with E-state index in [1.165, 1.54) is 0 Å². The molecule has 0 bridgehead atoms. The molecule has 5 nitrogen and oxygen atoms in total. The Morgan fingerprint density at radius 1 is 0.696 bits per heavy atom. The van der Waals surface area contributed by atoms with Gasteiger partial charge in [0.25, 0.3) is 0 Å². The molecule has 0 aliphatic carbocycles. The third-order valence-corrected chi connectivity index (χ3v) is 8.42. The molecule has 2 atom stereocenters. The lowest BCUT2D eigenvalue weighted by Crippen LogP contribution is -2.16. The van der Waals surface area contributed by atoms with Crippen LogP contribution in [0.1, 0.15) is 79.1 Å². The SMILES string of the molecule is CCCCC(CC)C[P+](O)(O)O[P+](O)(O)CC(CC)CCCC. The molecule has 4 N–H and O–H groups in total. The summed E-state index contributed by atoms with van der Waals surface area (Å²) < 4.78 is 5.09. The Morgan fingerprint density at radius 2 is 1.04 bits per heavy atom. The first-order valence-electron chi connectivity index (χ1n) is 9.08. The highest BCUT2D eigenvalue weighted by molar-refractivity contribution is 7.72. The van der Waals surface area contributed by atoms with Crippen LogP contribution in [0.3, 0.4) is 0 Å². The smallest absolute Gasteiger partial charge is 0.189 e. The summed E-state index contributed by atoms with van der Waals surface area (Å²) in [7, 11) is -7.44. The van der Waals surface area contributed by atoms with Gasteiger partial charge in [0.2, 0.25) is 0 Å². The minimum absolute atomic E-state index is 0.123. The Bertz CT molecular complexity index is 272. The van der Waals surface area contributed by atoms with Gasteiger partial charge in [0.1, 0.15) is 12.3 Å². The molecule has 0 aromatic carbocycles. The van der Waals surface area contributed by atoms with Crippen LogP contribution in [0, 0.1) is 11.8 Å². The van der Waals surface area contributed by atoms with Gasteiger partial charge < -0.3 is 0 Å². The monoisotopic (exact) mass is 372 g/mol. The molecule has 0 aromatic rings. The van der Waals surface area contributed by atoms with Crippen LogP contribution in [0.4, 0.5) is 0 Å². The maximum atomic E-state index is 10.2. The van der Waals surface area contributed by atoms with E-state index >= 15 is 0 Å². The van der Waals surface area contributed by atoms with Gasteiger partial charge in [0.05, 0.1) is 0 Å². The summed E-state index contributed by atoms with van der Waals surface area (Å²) in [5.74, 6) is 0.306. The van der Waals surface area contributed by atoms with E-state index in [0.29, 0.717) is 0 Å². The lowest BCUT2D eigenvalue weighted by molar-refractivity contribution is 0.265. The van der Waals surface area contributed by atoms with Crippen molar-refractivity contribution < 1.29 is 23.9 Å². The Labute approximate surface area is 143 Å². The standard InChI is InChI=1S/C16H38O5P2/c1-5-9-11-15(7-3)13-22(17,18)21-23(19,20)14-16(8-4)12-10-6-2/h15-20H,5-14H2,1-4H3/q+2. The predicted molar refractivity (Wildman–Crippen MR) is 100 cm³/mol. The Kier molecular flexibility index (Phi) is 12.4. The zero-order valence-corrected chi connectivity index (χ0v) is 17.1. The van der Waals surface area contributed by atoms with Crippen molar-refractivity contribution in [2.75, 3.05) is 12.3 Å². The molecule has 0 aromatic heterocycles.